The molecule has 25 heavy (non-hydrogen) atoms. The fourth-order valence-electron chi connectivity index (χ4n) is 3.59. The van der Waals surface area contributed by atoms with Crippen LogP contribution in [0.2, 0.25) is 0 Å². The summed E-state index contributed by atoms with van der Waals surface area (Å²) < 4.78 is 2.20. The minimum atomic E-state index is 0.334. The van der Waals surface area contributed by atoms with Gasteiger partial charge in [0.15, 0.2) is 0 Å². The quantitative estimate of drug-likeness (QED) is 0.795. The summed E-state index contributed by atoms with van der Waals surface area (Å²) in [4.78, 5) is 15.9. The Kier molecular flexibility index (Phi) is 4.03. The summed E-state index contributed by atoms with van der Waals surface area (Å²) >= 11 is 0. The van der Waals surface area contributed by atoms with E-state index in [-0.39, 0.29) is 0 Å². The lowest BCUT2D eigenvalue weighted by Crippen LogP contribution is -2.36. The molecule has 0 bridgehead atoms. The van der Waals surface area contributed by atoms with E-state index in [1.54, 1.807) is 0 Å². The number of imidazole rings is 1. The first-order valence-corrected chi connectivity index (χ1v) is 8.93. The van der Waals surface area contributed by atoms with Crippen molar-refractivity contribution >= 4 is 17.3 Å². The first-order valence-electron chi connectivity index (χ1n) is 8.93. The minimum absolute atomic E-state index is 0.334. The van der Waals surface area contributed by atoms with E-state index >= 15 is 0 Å². The summed E-state index contributed by atoms with van der Waals surface area (Å²) in [5.41, 5.74) is 8.08. The Balaban J connectivity index is 1.63. The number of rotatable bonds is 3. The van der Waals surface area contributed by atoms with E-state index in [2.05, 4.69) is 62.5 Å². The van der Waals surface area contributed by atoms with Gasteiger partial charge in [-0.15, -0.1) is 0 Å². The third-order valence-electron chi connectivity index (χ3n) is 4.92. The number of anilines is 2. The number of aromatic nitrogens is 4. The highest BCUT2D eigenvalue weighted by atomic mass is 15.2. The number of nitrogen functional groups attached to an aromatic ring is 1. The summed E-state index contributed by atoms with van der Waals surface area (Å²) in [6.07, 6.45) is 6.30. The van der Waals surface area contributed by atoms with Crippen LogP contribution in [0.3, 0.4) is 0 Å². The predicted octanol–water partition coefficient (Wildman–Crippen LogP) is 3.21. The van der Waals surface area contributed by atoms with Crippen LogP contribution in [0.25, 0.3) is 5.52 Å². The Morgan fingerprint density at radius 1 is 1.24 bits per heavy atom. The molecule has 0 amide bonds. The Bertz CT molecular complexity index is 885. The molecule has 0 radical (unpaired) electrons. The maximum absolute atomic E-state index is 5.94. The van der Waals surface area contributed by atoms with Crippen molar-refractivity contribution in [3.8, 4) is 0 Å². The predicted molar refractivity (Wildman–Crippen MR) is 99.9 cm³/mol. The lowest BCUT2D eigenvalue weighted by Gasteiger charge is -2.33. The molecular weight excluding hydrogens is 312 g/mol. The van der Waals surface area contributed by atoms with E-state index in [4.69, 9.17) is 5.73 Å². The maximum Gasteiger partial charge on any atom is 0.222 e. The largest absolute Gasteiger partial charge is 0.368 e. The molecule has 3 aromatic heterocycles. The summed E-state index contributed by atoms with van der Waals surface area (Å²) in [6.45, 7) is 6.15. The third kappa shape index (κ3) is 3.04. The van der Waals surface area contributed by atoms with Gasteiger partial charge in [0.25, 0.3) is 0 Å². The van der Waals surface area contributed by atoms with E-state index in [0.717, 1.165) is 48.8 Å². The van der Waals surface area contributed by atoms with Crippen molar-refractivity contribution in [3.63, 3.8) is 0 Å². The zero-order chi connectivity index (χ0) is 17.4. The number of hydrogen-bond donors (Lipinski definition) is 1. The summed E-state index contributed by atoms with van der Waals surface area (Å²) in [5, 5.41) is 0. The molecule has 130 valence electrons. The molecule has 1 unspecified atom stereocenters. The second-order valence-electron chi connectivity index (χ2n) is 7.06. The molecule has 3 aromatic rings. The molecule has 1 atom stereocenters. The van der Waals surface area contributed by atoms with E-state index < -0.39 is 0 Å². The van der Waals surface area contributed by atoms with E-state index in [9.17, 15) is 0 Å². The summed E-state index contributed by atoms with van der Waals surface area (Å²) in [6, 6.07) is 8.27. The van der Waals surface area contributed by atoms with Crippen LogP contribution >= 0.6 is 0 Å². The lowest BCUT2D eigenvalue weighted by atomic mass is 9.97. The lowest BCUT2D eigenvalue weighted by molar-refractivity contribution is 0.487. The standard InChI is InChI=1S/C19H24N6/c1-13(2)16-10-17(23-19(20)22-16)24-8-5-6-14(12-24)18-21-11-15-7-3-4-9-25(15)18/h3-4,7,9-11,13-14H,5-6,8,12H2,1-2H3,(H2,20,22,23). The van der Waals surface area contributed by atoms with Crippen LogP contribution in [0.15, 0.2) is 36.7 Å². The third-order valence-corrected chi connectivity index (χ3v) is 4.92. The number of nitrogens with zero attached hydrogens (tertiary/aromatic N) is 5. The first-order chi connectivity index (χ1) is 12.1. The van der Waals surface area contributed by atoms with Crippen LogP contribution < -0.4 is 10.6 Å². The van der Waals surface area contributed by atoms with Gasteiger partial charge in [-0.25, -0.2) is 9.97 Å². The van der Waals surface area contributed by atoms with Crippen LogP contribution in [0.5, 0.6) is 0 Å². The average molecular weight is 336 g/mol. The van der Waals surface area contributed by atoms with Crippen molar-refractivity contribution in [3.05, 3.63) is 48.2 Å². The molecule has 0 saturated carbocycles. The van der Waals surface area contributed by atoms with Crippen molar-refractivity contribution in [2.45, 2.75) is 38.5 Å². The average Bonchev–Trinajstić information content (AvgIpc) is 3.05. The second-order valence-corrected chi connectivity index (χ2v) is 7.06. The van der Waals surface area contributed by atoms with Crippen LogP contribution in [-0.2, 0) is 0 Å². The smallest absolute Gasteiger partial charge is 0.222 e. The second kappa shape index (κ2) is 6.35. The molecule has 4 heterocycles. The fraction of sp³-hybridized carbons (Fsp3) is 0.421. The van der Waals surface area contributed by atoms with Gasteiger partial charge in [0, 0.05) is 31.3 Å². The monoisotopic (exact) mass is 336 g/mol. The molecule has 0 spiro atoms. The molecule has 2 N–H and O–H groups in total. The number of nitrogens with two attached hydrogens (primary N) is 1. The van der Waals surface area contributed by atoms with Gasteiger partial charge in [-0.1, -0.05) is 19.9 Å². The molecule has 0 aromatic carbocycles. The molecule has 0 aliphatic carbocycles. The molecule has 6 heteroatoms. The first kappa shape index (κ1) is 15.9. The number of pyridine rings is 1. The van der Waals surface area contributed by atoms with Gasteiger partial charge >= 0.3 is 0 Å². The van der Waals surface area contributed by atoms with Gasteiger partial charge in [-0.3, -0.25) is 0 Å². The molecule has 1 saturated heterocycles. The minimum Gasteiger partial charge on any atom is -0.368 e. The normalized spacial score (nSPS) is 18.2. The van der Waals surface area contributed by atoms with Crippen molar-refractivity contribution in [1.82, 2.24) is 19.4 Å². The van der Waals surface area contributed by atoms with Crippen LogP contribution in [0, 0.1) is 0 Å². The molecule has 1 fully saturated rings. The fourth-order valence-corrected chi connectivity index (χ4v) is 3.59. The molecule has 6 nitrogen and oxygen atoms in total. The highest BCUT2D eigenvalue weighted by molar-refractivity contribution is 5.48. The molecule has 4 rings (SSSR count). The van der Waals surface area contributed by atoms with Crippen LogP contribution in [0.1, 0.15) is 50.0 Å². The summed E-state index contributed by atoms with van der Waals surface area (Å²) in [7, 11) is 0. The van der Waals surface area contributed by atoms with Crippen LogP contribution in [-0.4, -0.2) is 32.4 Å². The Hall–Kier alpha value is -2.63. The van der Waals surface area contributed by atoms with Crippen molar-refractivity contribution < 1.29 is 0 Å². The molecule has 1 aliphatic rings. The van der Waals surface area contributed by atoms with Crippen molar-refractivity contribution in [2.75, 3.05) is 23.7 Å². The Morgan fingerprint density at radius 2 is 2.12 bits per heavy atom. The van der Waals surface area contributed by atoms with Gasteiger partial charge in [-0.05, 0) is 30.9 Å². The van der Waals surface area contributed by atoms with Gasteiger partial charge < -0.3 is 15.0 Å². The SMILES string of the molecule is CC(C)c1cc(N2CCCC(c3ncc4ccccn34)C2)nc(N)n1. The maximum atomic E-state index is 5.94. The van der Waals surface area contributed by atoms with E-state index in [0.29, 0.717) is 17.8 Å². The van der Waals surface area contributed by atoms with Gasteiger partial charge in [0.1, 0.15) is 11.6 Å². The van der Waals surface area contributed by atoms with E-state index in [1.165, 1.54) is 0 Å². The zero-order valence-electron chi connectivity index (χ0n) is 14.8. The highest BCUT2D eigenvalue weighted by Gasteiger charge is 2.26. The summed E-state index contributed by atoms with van der Waals surface area (Å²) in [5.74, 6) is 3.14. The Morgan fingerprint density at radius 3 is 2.96 bits per heavy atom. The van der Waals surface area contributed by atoms with E-state index in [1.807, 2.05) is 12.3 Å². The topological polar surface area (TPSA) is 72.3 Å². The van der Waals surface area contributed by atoms with Gasteiger partial charge in [-0.2, -0.15) is 4.98 Å². The number of piperidine rings is 1. The van der Waals surface area contributed by atoms with Crippen molar-refractivity contribution in [2.24, 2.45) is 0 Å². The number of fused-ring (bicyclic) bond motifs is 1. The Labute approximate surface area is 147 Å². The van der Waals surface area contributed by atoms with Gasteiger partial charge in [0.05, 0.1) is 17.4 Å². The van der Waals surface area contributed by atoms with Crippen molar-refractivity contribution in [1.29, 1.82) is 0 Å². The number of hydrogen-bond acceptors (Lipinski definition) is 5. The van der Waals surface area contributed by atoms with Gasteiger partial charge in [0.2, 0.25) is 5.95 Å². The zero-order valence-corrected chi connectivity index (χ0v) is 14.8. The highest BCUT2D eigenvalue weighted by Crippen LogP contribution is 2.30. The van der Waals surface area contributed by atoms with Crippen LogP contribution in [0.4, 0.5) is 11.8 Å². The molecular formula is C19H24N6. The molecule has 1 aliphatic heterocycles.